The number of amides is 5. The fourth-order valence-electron chi connectivity index (χ4n) is 3.62. The first-order valence-electron chi connectivity index (χ1n) is 10.1. The monoisotopic (exact) mass is 482 g/mol. The number of rotatable bonds is 6. The molecule has 2 rings (SSSR count). The molecule has 2 aliphatic heterocycles. The Balaban J connectivity index is 2.19. The first-order chi connectivity index (χ1) is 14.9. The first-order valence-corrected chi connectivity index (χ1v) is 11.0. The number of nitrogens with zero attached hydrogens (tertiary/aromatic N) is 2. The molecule has 0 aliphatic carbocycles. The highest BCUT2D eigenvalue weighted by atomic mass is 32.2. The molecular weight excluding hydrogens is 456 g/mol. The summed E-state index contributed by atoms with van der Waals surface area (Å²) < 4.78 is 51.7. The lowest BCUT2D eigenvalue weighted by molar-refractivity contribution is -0.138. The van der Waals surface area contributed by atoms with Gasteiger partial charge in [0.1, 0.15) is 6.17 Å². The van der Waals surface area contributed by atoms with Gasteiger partial charge in [-0.15, -0.1) is 11.8 Å². The van der Waals surface area contributed by atoms with Crippen LogP contribution in [0.3, 0.4) is 0 Å². The van der Waals surface area contributed by atoms with E-state index in [9.17, 15) is 36.7 Å². The number of urea groups is 1. The molecule has 0 aromatic rings. The number of alkyl halides is 4. The quantitative estimate of drug-likeness (QED) is 0.563. The third-order valence-corrected chi connectivity index (χ3v) is 6.47. The molecule has 2 aliphatic rings. The molecule has 3 unspecified atom stereocenters. The maximum Gasteiger partial charge on any atom is 0.390 e. The Labute approximate surface area is 187 Å². The number of allylic oxidation sites excluding steroid dienone is 1. The summed E-state index contributed by atoms with van der Waals surface area (Å²) in [5.41, 5.74) is -0.0577. The van der Waals surface area contributed by atoms with Crippen molar-refractivity contribution in [2.45, 2.75) is 44.8 Å². The molecule has 180 valence electrons. The van der Waals surface area contributed by atoms with Crippen molar-refractivity contribution < 1.29 is 36.7 Å². The SMILES string of the molecule is CCN(C(=O)NCCC(F)(F)F)C(=O)C1=C(C)SC(C(=O)N2CCNC(=O)C2)C1C(C)F. The van der Waals surface area contributed by atoms with Crippen molar-refractivity contribution in [1.82, 2.24) is 20.4 Å². The zero-order valence-corrected chi connectivity index (χ0v) is 18.7. The van der Waals surface area contributed by atoms with E-state index in [1.165, 1.54) is 25.7 Å². The van der Waals surface area contributed by atoms with E-state index in [-0.39, 0.29) is 37.7 Å². The summed E-state index contributed by atoms with van der Waals surface area (Å²) in [6, 6.07) is -1.03. The van der Waals surface area contributed by atoms with Gasteiger partial charge in [-0.1, -0.05) is 0 Å². The average Bonchev–Trinajstić information content (AvgIpc) is 3.04. The van der Waals surface area contributed by atoms with E-state index < -0.39 is 54.3 Å². The van der Waals surface area contributed by atoms with Crippen molar-refractivity contribution in [3.05, 3.63) is 10.5 Å². The number of thioether (sulfide) groups is 1. The first kappa shape index (κ1) is 25.9. The van der Waals surface area contributed by atoms with Gasteiger partial charge in [0.2, 0.25) is 11.8 Å². The Kier molecular flexibility index (Phi) is 8.54. The second kappa shape index (κ2) is 10.5. The minimum absolute atomic E-state index is 0.0577. The molecule has 8 nitrogen and oxygen atoms in total. The van der Waals surface area contributed by atoms with Crippen LogP contribution in [0.1, 0.15) is 27.2 Å². The van der Waals surface area contributed by atoms with E-state index in [2.05, 4.69) is 5.32 Å². The number of hydrogen-bond donors (Lipinski definition) is 2. The molecule has 32 heavy (non-hydrogen) atoms. The fourth-order valence-corrected chi connectivity index (χ4v) is 5.10. The van der Waals surface area contributed by atoms with E-state index in [1.54, 1.807) is 0 Å². The van der Waals surface area contributed by atoms with Crippen LogP contribution in [0.25, 0.3) is 0 Å². The van der Waals surface area contributed by atoms with Crippen molar-refractivity contribution >= 4 is 35.5 Å². The third kappa shape index (κ3) is 6.14. The Hall–Kier alpha value is -2.31. The van der Waals surface area contributed by atoms with E-state index in [1.807, 2.05) is 5.32 Å². The highest BCUT2D eigenvalue weighted by molar-refractivity contribution is 8.04. The molecule has 2 heterocycles. The number of carbonyl (C=O) groups excluding carboxylic acids is 4. The largest absolute Gasteiger partial charge is 0.390 e. The second-order valence-electron chi connectivity index (χ2n) is 7.47. The zero-order chi connectivity index (χ0) is 24.2. The lowest BCUT2D eigenvalue weighted by Crippen LogP contribution is -2.53. The predicted octanol–water partition coefficient (Wildman–Crippen LogP) is 1.82. The Morgan fingerprint density at radius 3 is 2.53 bits per heavy atom. The molecule has 0 spiro atoms. The van der Waals surface area contributed by atoms with Gasteiger partial charge in [0.05, 0.1) is 18.2 Å². The minimum atomic E-state index is -4.47. The summed E-state index contributed by atoms with van der Waals surface area (Å²) in [5, 5.41) is 3.64. The van der Waals surface area contributed by atoms with Crippen LogP contribution in [0.4, 0.5) is 22.4 Å². The molecule has 0 aromatic carbocycles. The van der Waals surface area contributed by atoms with Gasteiger partial charge < -0.3 is 15.5 Å². The van der Waals surface area contributed by atoms with Crippen LogP contribution in [0.15, 0.2) is 10.5 Å². The molecule has 0 aromatic heterocycles. The molecule has 3 atom stereocenters. The fraction of sp³-hybridized carbons (Fsp3) is 0.684. The van der Waals surface area contributed by atoms with Crippen molar-refractivity contribution in [1.29, 1.82) is 0 Å². The van der Waals surface area contributed by atoms with Gasteiger partial charge in [-0.05, 0) is 25.7 Å². The summed E-state index contributed by atoms with van der Waals surface area (Å²) in [7, 11) is 0. The molecule has 0 saturated carbocycles. The standard InChI is InChI=1S/C19H26F4N4O4S/c1-4-27(18(31)25-6-5-19(21,22)23)16(29)14-11(3)32-15(13(14)10(2)20)17(30)26-8-7-24-12(28)9-26/h10,13,15H,4-9H2,1-3H3,(H,24,28)(H,25,31). The number of hydrogen-bond acceptors (Lipinski definition) is 5. The molecular formula is C19H26F4N4O4S. The van der Waals surface area contributed by atoms with Crippen LogP contribution < -0.4 is 10.6 Å². The van der Waals surface area contributed by atoms with Crippen LogP contribution in [0.2, 0.25) is 0 Å². The summed E-state index contributed by atoms with van der Waals surface area (Å²) in [5.74, 6) is -2.85. The summed E-state index contributed by atoms with van der Waals surface area (Å²) in [6.07, 6.45) is -7.35. The summed E-state index contributed by atoms with van der Waals surface area (Å²) in [4.78, 5) is 52.4. The van der Waals surface area contributed by atoms with Gasteiger partial charge in [0.25, 0.3) is 5.91 Å². The molecule has 13 heteroatoms. The van der Waals surface area contributed by atoms with Crippen LogP contribution in [-0.4, -0.2) is 83.9 Å². The van der Waals surface area contributed by atoms with E-state index in [4.69, 9.17) is 0 Å². The predicted molar refractivity (Wildman–Crippen MR) is 109 cm³/mol. The normalized spacial score (nSPS) is 22.5. The highest BCUT2D eigenvalue weighted by Gasteiger charge is 2.47. The summed E-state index contributed by atoms with van der Waals surface area (Å²) >= 11 is 0.991. The molecule has 1 fully saturated rings. The lowest BCUT2D eigenvalue weighted by atomic mass is 9.89. The van der Waals surface area contributed by atoms with Crippen LogP contribution in [0.5, 0.6) is 0 Å². The zero-order valence-electron chi connectivity index (χ0n) is 17.9. The number of piperazine rings is 1. The van der Waals surface area contributed by atoms with Crippen molar-refractivity contribution in [2.24, 2.45) is 5.92 Å². The van der Waals surface area contributed by atoms with Crippen LogP contribution >= 0.6 is 11.8 Å². The Morgan fingerprint density at radius 2 is 2.00 bits per heavy atom. The number of imide groups is 1. The average molecular weight is 483 g/mol. The van der Waals surface area contributed by atoms with E-state index in [0.717, 1.165) is 11.8 Å². The maximum absolute atomic E-state index is 14.7. The van der Waals surface area contributed by atoms with E-state index >= 15 is 0 Å². The van der Waals surface area contributed by atoms with Gasteiger partial charge in [0, 0.05) is 37.7 Å². The molecule has 5 amide bonds. The van der Waals surface area contributed by atoms with Crippen molar-refractivity contribution in [3.63, 3.8) is 0 Å². The van der Waals surface area contributed by atoms with Gasteiger partial charge in [-0.3, -0.25) is 19.3 Å². The van der Waals surface area contributed by atoms with Gasteiger partial charge in [-0.25, -0.2) is 9.18 Å². The second-order valence-corrected chi connectivity index (χ2v) is 8.82. The van der Waals surface area contributed by atoms with E-state index in [0.29, 0.717) is 9.81 Å². The number of likely N-dealkylation sites (N-methyl/N-ethyl adjacent to an activating group) is 1. The smallest absolute Gasteiger partial charge is 0.353 e. The molecule has 1 saturated heterocycles. The van der Waals surface area contributed by atoms with Gasteiger partial charge in [-0.2, -0.15) is 13.2 Å². The topological polar surface area (TPSA) is 98.8 Å². The van der Waals surface area contributed by atoms with Crippen LogP contribution in [-0.2, 0) is 14.4 Å². The van der Waals surface area contributed by atoms with Crippen molar-refractivity contribution in [3.8, 4) is 0 Å². The highest BCUT2D eigenvalue weighted by Crippen LogP contribution is 2.46. The Morgan fingerprint density at radius 1 is 1.34 bits per heavy atom. The van der Waals surface area contributed by atoms with Gasteiger partial charge >= 0.3 is 12.2 Å². The number of halogens is 4. The van der Waals surface area contributed by atoms with Crippen molar-refractivity contribution in [2.75, 3.05) is 32.7 Å². The molecule has 0 radical (unpaired) electrons. The minimum Gasteiger partial charge on any atom is -0.353 e. The third-order valence-electron chi connectivity index (χ3n) is 5.15. The summed E-state index contributed by atoms with van der Waals surface area (Å²) in [6.45, 7) is 3.66. The molecule has 0 bridgehead atoms. The Bertz CT molecular complexity index is 803. The van der Waals surface area contributed by atoms with Gasteiger partial charge in [0.15, 0.2) is 0 Å². The number of nitrogens with one attached hydrogen (secondary N) is 2. The van der Waals surface area contributed by atoms with Crippen LogP contribution in [0, 0.1) is 5.92 Å². The number of carbonyl (C=O) groups is 4. The molecule has 2 N–H and O–H groups in total. The lowest BCUT2D eigenvalue weighted by Gasteiger charge is -2.32. The maximum atomic E-state index is 14.7.